The molecule has 3 aromatic heterocycles. The number of rotatable bonds is 8. The lowest BCUT2D eigenvalue weighted by Gasteiger charge is -2.14. The number of aromatic nitrogens is 4. The van der Waals surface area contributed by atoms with Crippen molar-refractivity contribution in [2.24, 2.45) is 0 Å². The lowest BCUT2D eigenvalue weighted by molar-refractivity contribution is 0.0957. The van der Waals surface area contributed by atoms with Crippen molar-refractivity contribution in [2.45, 2.75) is 51.4 Å². The number of carbonyl (C=O) groups is 1. The van der Waals surface area contributed by atoms with Gasteiger partial charge in [0.2, 0.25) is 0 Å². The molecule has 0 amide bonds. The van der Waals surface area contributed by atoms with Crippen molar-refractivity contribution in [3.05, 3.63) is 71.4 Å². The third-order valence-corrected chi connectivity index (χ3v) is 7.29. The van der Waals surface area contributed by atoms with E-state index in [1.165, 1.54) is 11.8 Å². The number of ketones is 1. The molecule has 1 fully saturated rings. The monoisotopic (exact) mass is 476 g/mol. The smallest absolute Gasteiger partial charge is 0.196 e. The molecule has 0 aliphatic carbocycles. The van der Waals surface area contributed by atoms with Gasteiger partial charge in [-0.2, -0.15) is 0 Å². The molecule has 0 unspecified atom stereocenters. The van der Waals surface area contributed by atoms with Gasteiger partial charge in [-0.25, -0.2) is 0 Å². The lowest BCUT2D eigenvalue weighted by Crippen LogP contribution is -2.17. The summed E-state index contributed by atoms with van der Waals surface area (Å²) >= 11 is 1.40. The Morgan fingerprint density at radius 1 is 1.15 bits per heavy atom. The lowest BCUT2D eigenvalue weighted by atomic mass is 10.2. The van der Waals surface area contributed by atoms with E-state index < -0.39 is 0 Å². The first-order valence-corrected chi connectivity index (χ1v) is 12.5. The molecule has 176 valence electrons. The fraction of sp³-hybridized carbons (Fsp3) is 0.346. The molecule has 7 nitrogen and oxygen atoms in total. The molecule has 1 saturated heterocycles. The van der Waals surface area contributed by atoms with Gasteiger partial charge >= 0.3 is 0 Å². The quantitative estimate of drug-likeness (QED) is 0.250. The zero-order valence-corrected chi connectivity index (χ0v) is 20.5. The van der Waals surface area contributed by atoms with E-state index in [2.05, 4.69) is 21.7 Å². The van der Waals surface area contributed by atoms with Crippen molar-refractivity contribution in [1.29, 1.82) is 0 Å². The van der Waals surface area contributed by atoms with Crippen LogP contribution in [-0.4, -0.2) is 43.6 Å². The minimum atomic E-state index is 0.0837. The van der Waals surface area contributed by atoms with E-state index >= 15 is 0 Å². The molecule has 4 aromatic rings. The average Bonchev–Trinajstić information content (AvgIpc) is 3.63. The summed E-state index contributed by atoms with van der Waals surface area (Å²) in [5.41, 5.74) is 4.67. The summed E-state index contributed by atoms with van der Waals surface area (Å²) in [5, 5.41) is 9.54. The maximum absolute atomic E-state index is 13.2. The molecule has 1 aromatic carbocycles. The Morgan fingerprint density at radius 3 is 2.68 bits per heavy atom. The van der Waals surface area contributed by atoms with Crippen LogP contribution in [0.5, 0.6) is 0 Å². The highest BCUT2D eigenvalue weighted by molar-refractivity contribution is 7.99. The molecule has 1 aliphatic heterocycles. The van der Waals surface area contributed by atoms with Crippen molar-refractivity contribution in [3.8, 4) is 17.1 Å². The highest BCUT2D eigenvalue weighted by Gasteiger charge is 2.23. The van der Waals surface area contributed by atoms with Crippen LogP contribution in [0.25, 0.3) is 17.1 Å². The Hall–Kier alpha value is -3.10. The molecule has 0 N–H and O–H groups in total. The van der Waals surface area contributed by atoms with E-state index in [1.807, 2.05) is 60.9 Å². The topological polar surface area (TPSA) is 75.1 Å². The Balaban J connectivity index is 1.39. The van der Waals surface area contributed by atoms with Gasteiger partial charge in [0, 0.05) is 35.8 Å². The fourth-order valence-electron chi connectivity index (χ4n) is 4.53. The molecule has 34 heavy (non-hydrogen) atoms. The number of hydrogen-bond donors (Lipinski definition) is 0. The molecule has 0 spiro atoms. The van der Waals surface area contributed by atoms with Crippen LogP contribution in [-0.2, 0) is 11.3 Å². The van der Waals surface area contributed by atoms with Crippen molar-refractivity contribution in [3.63, 3.8) is 0 Å². The van der Waals surface area contributed by atoms with Crippen molar-refractivity contribution >= 4 is 17.5 Å². The second kappa shape index (κ2) is 9.64. The summed E-state index contributed by atoms with van der Waals surface area (Å²) in [6, 6.07) is 13.8. The first kappa shape index (κ1) is 22.7. The number of benzene rings is 1. The standard InChI is InChI=1S/C26H28N4O3S/c1-17-14-23(18(2)29(17)15-21-10-7-12-33-21)24(31)16-34-26-28-27-25(22-11-13-32-19(22)3)30(26)20-8-5-4-6-9-20/h4-6,8-9,11,13-14,21H,7,10,12,15-16H2,1-3H3/t21-/m1/s1. The number of furan rings is 1. The van der Waals surface area contributed by atoms with Gasteiger partial charge in [0.05, 0.1) is 23.7 Å². The van der Waals surface area contributed by atoms with Gasteiger partial charge in [0.25, 0.3) is 0 Å². The summed E-state index contributed by atoms with van der Waals surface area (Å²) in [6.07, 6.45) is 4.06. The molecule has 8 heteroatoms. The number of aryl methyl sites for hydroxylation is 2. The van der Waals surface area contributed by atoms with Crippen LogP contribution >= 0.6 is 11.8 Å². The molecule has 0 radical (unpaired) electrons. The van der Waals surface area contributed by atoms with Gasteiger partial charge in [0.1, 0.15) is 5.76 Å². The molecular formula is C26H28N4O3S. The summed E-state index contributed by atoms with van der Waals surface area (Å²) in [7, 11) is 0. The fourth-order valence-corrected chi connectivity index (χ4v) is 5.36. The van der Waals surface area contributed by atoms with Gasteiger partial charge < -0.3 is 13.7 Å². The van der Waals surface area contributed by atoms with E-state index in [9.17, 15) is 4.79 Å². The minimum Gasteiger partial charge on any atom is -0.469 e. The molecule has 1 atom stereocenters. The van der Waals surface area contributed by atoms with Gasteiger partial charge in [-0.05, 0) is 57.9 Å². The number of nitrogens with zero attached hydrogens (tertiary/aromatic N) is 4. The average molecular weight is 477 g/mol. The number of thioether (sulfide) groups is 1. The van der Waals surface area contributed by atoms with Gasteiger partial charge in [0.15, 0.2) is 16.8 Å². The van der Waals surface area contributed by atoms with E-state index in [1.54, 1.807) is 6.26 Å². The van der Waals surface area contributed by atoms with E-state index in [0.29, 0.717) is 11.0 Å². The zero-order valence-electron chi connectivity index (χ0n) is 19.7. The summed E-state index contributed by atoms with van der Waals surface area (Å²) < 4.78 is 15.5. The highest BCUT2D eigenvalue weighted by atomic mass is 32.2. The van der Waals surface area contributed by atoms with Crippen LogP contribution < -0.4 is 0 Å². The molecule has 0 saturated carbocycles. The van der Waals surface area contributed by atoms with Crippen molar-refractivity contribution < 1.29 is 13.9 Å². The largest absolute Gasteiger partial charge is 0.469 e. The predicted molar refractivity (Wildman–Crippen MR) is 132 cm³/mol. The van der Waals surface area contributed by atoms with E-state index in [0.717, 1.165) is 60.0 Å². The third kappa shape index (κ3) is 4.35. The number of ether oxygens (including phenoxy) is 1. The van der Waals surface area contributed by atoms with Crippen molar-refractivity contribution in [2.75, 3.05) is 12.4 Å². The summed E-state index contributed by atoms with van der Waals surface area (Å²) in [5.74, 6) is 1.83. The summed E-state index contributed by atoms with van der Waals surface area (Å²) in [6.45, 7) is 7.61. The van der Waals surface area contributed by atoms with Gasteiger partial charge in [-0.3, -0.25) is 9.36 Å². The Morgan fingerprint density at radius 2 is 1.97 bits per heavy atom. The first-order valence-electron chi connectivity index (χ1n) is 11.5. The predicted octanol–water partition coefficient (Wildman–Crippen LogP) is 5.41. The van der Waals surface area contributed by atoms with Crippen LogP contribution in [0.3, 0.4) is 0 Å². The molecule has 1 aliphatic rings. The first-order chi connectivity index (χ1) is 16.5. The van der Waals surface area contributed by atoms with E-state index in [-0.39, 0.29) is 17.6 Å². The number of para-hydroxylation sites is 1. The van der Waals surface area contributed by atoms with Crippen LogP contribution in [0.4, 0.5) is 0 Å². The molecule has 4 heterocycles. The van der Waals surface area contributed by atoms with Crippen LogP contribution in [0, 0.1) is 20.8 Å². The maximum atomic E-state index is 13.2. The zero-order chi connectivity index (χ0) is 23.7. The third-order valence-electron chi connectivity index (χ3n) is 6.36. The van der Waals surface area contributed by atoms with E-state index in [4.69, 9.17) is 9.15 Å². The highest BCUT2D eigenvalue weighted by Crippen LogP contribution is 2.31. The number of hydrogen-bond acceptors (Lipinski definition) is 6. The Bertz CT molecular complexity index is 1300. The van der Waals surface area contributed by atoms with Crippen molar-refractivity contribution in [1.82, 2.24) is 19.3 Å². The second-order valence-corrected chi connectivity index (χ2v) is 9.55. The minimum absolute atomic E-state index is 0.0837. The van der Waals surface area contributed by atoms with Gasteiger partial charge in [-0.15, -0.1) is 10.2 Å². The molecule has 0 bridgehead atoms. The SMILES string of the molecule is Cc1occc1-c1nnc(SCC(=O)c2cc(C)n(C[C@H]3CCCO3)c2C)n1-c1ccccc1. The second-order valence-electron chi connectivity index (χ2n) is 8.61. The van der Waals surface area contributed by atoms with Crippen LogP contribution in [0.2, 0.25) is 0 Å². The summed E-state index contributed by atoms with van der Waals surface area (Å²) in [4.78, 5) is 13.2. The number of Topliss-reactive ketones (excluding diaryl/α,β-unsaturated/α-hetero) is 1. The normalized spacial score (nSPS) is 15.8. The van der Waals surface area contributed by atoms with Crippen LogP contribution in [0.1, 0.15) is 40.3 Å². The molecular weight excluding hydrogens is 448 g/mol. The van der Waals surface area contributed by atoms with Crippen LogP contribution in [0.15, 0.2) is 58.3 Å². The Kier molecular flexibility index (Phi) is 6.43. The number of carbonyl (C=O) groups excluding carboxylic acids is 1. The Labute approximate surface area is 203 Å². The van der Waals surface area contributed by atoms with Gasteiger partial charge in [-0.1, -0.05) is 30.0 Å². The maximum Gasteiger partial charge on any atom is 0.196 e. The molecule has 5 rings (SSSR count).